The lowest BCUT2D eigenvalue weighted by molar-refractivity contribution is -0.121. The summed E-state index contributed by atoms with van der Waals surface area (Å²) < 4.78 is 11.3. The minimum absolute atomic E-state index is 0.0537. The zero-order valence-electron chi connectivity index (χ0n) is 11.3. The number of para-hydroxylation sites is 1. The number of thiazole rings is 1. The van der Waals surface area contributed by atoms with Crippen molar-refractivity contribution in [2.24, 2.45) is 0 Å². The minimum Gasteiger partial charge on any atom is -0.364 e. The Balaban J connectivity index is 1.50. The highest BCUT2D eigenvalue weighted by atomic mass is 32.1. The number of fused-ring (bicyclic) bond motifs is 1. The quantitative estimate of drug-likeness (QED) is 0.784. The molecule has 3 rings (SSSR count). The molecule has 0 radical (unpaired) electrons. The van der Waals surface area contributed by atoms with Gasteiger partial charge in [-0.05, 0) is 19.1 Å². The van der Waals surface area contributed by atoms with Gasteiger partial charge in [0.1, 0.15) is 17.4 Å². The van der Waals surface area contributed by atoms with Crippen molar-refractivity contribution in [2.45, 2.75) is 13.5 Å². The number of aromatic nitrogens is 2. The van der Waals surface area contributed by atoms with Gasteiger partial charge >= 0.3 is 0 Å². The third-order valence-electron chi connectivity index (χ3n) is 2.69. The minimum atomic E-state index is -0.274. The van der Waals surface area contributed by atoms with Crippen LogP contribution in [0.15, 0.2) is 34.9 Å². The van der Waals surface area contributed by atoms with Crippen LogP contribution in [-0.2, 0) is 16.1 Å². The lowest BCUT2D eigenvalue weighted by Gasteiger charge is -2.01. The van der Waals surface area contributed by atoms with Crippen molar-refractivity contribution in [2.75, 3.05) is 11.9 Å². The van der Waals surface area contributed by atoms with Crippen LogP contribution in [0.25, 0.3) is 10.2 Å². The molecular weight excluding hydrogens is 290 g/mol. The number of hydrogen-bond acceptors (Lipinski definition) is 6. The van der Waals surface area contributed by atoms with Crippen molar-refractivity contribution >= 4 is 33.3 Å². The zero-order valence-corrected chi connectivity index (χ0v) is 12.1. The van der Waals surface area contributed by atoms with E-state index in [9.17, 15) is 4.79 Å². The van der Waals surface area contributed by atoms with Crippen molar-refractivity contribution in [3.8, 4) is 0 Å². The number of nitrogens with one attached hydrogen (secondary N) is 1. The number of amides is 1. The Labute approximate surface area is 124 Å². The fourth-order valence-electron chi connectivity index (χ4n) is 1.82. The first kappa shape index (κ1) is 13.7. The highest BCUT2D eigenvalue weighted by Crippen LogP contribution is 2.21. The fourth-order valence-corrected chi connectivity index (χ4v) is 2.72. The average Bonchev–Trinajstić information content (AvgIpc) is 3.04. The van der Waals surface area contributed by atoms with E-state index in [1.54, 1.807) is 24.3 Å². The fraction of sp³-hybridized carbons (Fsp3) is 0.214. The molecule has 0 atom stereocenters. The Morgan fingerprint density at radius 1 is 1.43 bits per heavy atom. The third-order valence-corrected chi connectivity index (χ3v) is 3.70. The smallest absolute Gasteiger partial charge is 0.251 e. The third kappa shape index (κ3) is 3.45. The van der Waals surface area contributed by atoms with Gasteiger partial charge in [-0.2, -0.15) is 0 Å². The molecule has 0 unspecified atom stereocenters. The van der Waals surface area contributed by atoms with Gasteiger partial charge in [0.2, 0.25) is 0 Å². The van der Waals surface area contributed by atoms with Gasteiger partial charge in [-0.1, -0.05) is 17.3 Å². The number of aryl methyl sites for hydroxylation is 1. The van der Waals surface area contributed by atoms with Gasteiger partial charge in [0.05, 0.1) is 16.8 Å². The van der Waals surface area contributed by atoms with E-state index in [4.69, 9.17) is 9.26 Å². The van der Waals surface area contributed by atoms with E-state index < -0.39 is 0 Å². The second kappa shape index (κ2) is 6.02. The standard InChI is InChI=1S/C14H13N3O3S/c1-9-6-12(17-20-9)16-13(18)7-19-8-14-15-10-4-2-3-5-11(10)21-14/h2-6H,7-8H2,1H3,(H,16,17,18). The molecule has 0 aliphatic carbocycles. The summed E-state index contributed by atoms with van der Waals surface area (Å²) in [7, 11) is 0. The Kier molecular flexibility index (Phi) is 3.94. The zero-order chi connectivity index (χ0) is 14.7. The van der Waals surface area contributed by atoms with E-state index in [0.717, 1.165) is 15.2 Å². The molecule has 0 saturated heterocycles. The second-order valence-electron chi connectivity index (χ2n) is 4.44. The molecule has 3 aromatic rings. The number of hydrogen-bond donors (Lipinski definition) is 1. The summed E-state index contributed by atoms with van der Waals surface area (Å²) >= 11 is 1.56. The molecule has 0 aliphatic rings. The Hall–Kier alpha value is -2.25. The van der Waals surface area contributed by atoms with Crippen LogP contribution in [0.1, 0.15) is 10.8 Å². The second-order valence-corrected chi connectivity index (χ2v) is 5.55. The first-order chi connectivity index (χ1) is 10.2. The number of benzene rings is 1. The molecule has 21 heavy (non-hydrogen) atoms. The molecule has 1 amide bonds. The summed E-state index contributed by atoms with van der Waals surface area (Å²) in [5, 5.41) is 7.12. The first-order valence-electron chi connectivity index (χ1n) is 6.36. The first-order valence-corrected chi connectivity index (χ1v) is 7.18. The number of nitrogens with zero attached hydrogens (tertiary/aromatic N) is 2. The van der Waals surface area contributed by atoms with Crippen molar-refractivity contribution in [1.29, 1.82) is 0 Å². The number of anilines is 1. The molecule has 0 aliphatic heterocycles. The number of ether oxygens (including phenoxy) is 1. The molecule has 2 heterocycles. The van der Waals surface area contributed by atoms with Crippen LogP contribution in [0.5, 0.6) is 0 Å². The molecule has 108 valence electrons. The van der Waals surface area contributed by atoms with E-state index >= 15 is 0 Å². The van der Waals surface area contributed by atoms with Crippen molar-refractivity contribution < 1.29 is 14.1 Å². The van der Waals surface area contributed by atoms with Crippen molar-refractivity contribution in [3.05, 3.63) is 41.1 Å². The van der Waals surface area contributed by atoms with E-state index in [1.165, 1.54) is 0 Å². The largest absolute Gasteiger partial charge is 0.364 e. The van der Waals surface area contributed by atoms with Crippen molar-refractivity contribution in [1.82, 2.24) is 10.1 Å². The van der Waals surface area contributed by atoms with E-state index in [-0.39, 0.29) is 12.5 Å². The Morgan fingerprint density at radius 2 is 2.29 bits per heavy atom. The molecule has 6 nitrogen and oxygen atoms in total. The maximum atomic E-state index is 11.6. The molecule has 7 heteroatoms. The molecule has 0 bridgehead atoms. The maximum Gasteiger partial charge on any atom is 0.251 e. The Morgan fingerprint density at radius 3 is 3.05 bits per heavy atom. The Bertz CT molecular complexity index is 733. The van der Waals surface area contributed by atoms with E-state index in [0.29, 0.717) is 18.2 Å². The van der Waals surface area contributed by atoms with Crippen LogP contribution in [0.3, 0.4) is 0 Å². The van der Waals surface area contributed by atoms with Crippen LogP contribution in [0.4, 0.5) is 5.82 Å². The van der Waals surface area contributed by atoms with Crippen LogP contribution < -0.4 is 5.32 Å². The summed E-state index contributed by atoms with van der Waals surface area (Å²) in [6.07, 6.45) is 0. The predicted octanol–water partition coefficient (Wildman–Crippen LogP) is 2.75. The van der Waals surface area contributed by atoms with E-state index in [2.05, 4.69) is 15.5 Å². The molecule has 2 aromatic heterocycles. The van der Waals surface area contributed by atoms with Gasteiger partial charge in [-0.25, -0.2) is 4.98 Å². The normalized spacial score (nSPS) is 10.9. The molecular formula is C14H13N3O3S. The van der Waals surface area contributed by atoms with Gasteiger partial charge in [0, 0.05) is 6.07 Å². The van der Waals surface area contributed by atoms with Gasteiger partial charge < -0.3 is 14.6 Å². The summed E-state index contributed by atoms with van der Waals surface area (Å²) in [6.45, 7) is 2.01. The van der Waals surface area contributed by atoms with Gasteiger partial charge in [0.15, 0.2) is 5.82 Å². The molecule has 1 aromatic carbocycles. The average molecular weight is 303 g/mol. The van der Waals surface area contributed by atoms with Crippen LogP contribution in [-0.4, -0.2) is 22.7 Å². The maximum absolute atomic E-state index is 11.6. The highest BCUT2D eigenvalue weighted by molar-refractivity contribution is 7.18. The van der Waals surface area contributed by atoms with E-state index in [1.807, 2.05) is 24.3 Å². The molecule has 0 fully saturated rings. The number of rotatable bonds is 5. The monoisotopic (exact) mass is 303 g/mol. The number of carbonyl (C=O) groups excluding carboxylic acids is 1. The van der Waals surface area contributed by atoms with Gasteiger partial charge in [0.25, 0.3) is 5.91 Å². The molecule has 0 saturated carbocycles. The summed E-state index contributed by atoms with van der Waals surface area (Å²) in [4.78, 5) is 16.1. The van der Waals surface area contributed by atoms with Crippen LogP contribution >= 0.6 is 11.3 Å². The lowest BCUT2D eigenvalue weighted by Crippen LogP contribution is -2.18. The molecule has 1 N–H and O–H groups in total. The van der Waals surface area contributed by atoms with Crippen LogP contribution in [0.2, 0.25) is 0 Å². The predicted molar refractivity (Wildman–Crippen MR) is 79.1 cm³/mol. The summed E-state index contributed by atoms with van der Waals surface area (Å²) in [6, 6.07) is 9.52. The summed E-state index contributed by atoms with van der Waals surface area (Å²) in [5.74, 6) is 0.756. The van der Waals surface area contributed by atoms with Crippen molar-refractivity contribution in [3.63, 3.8) is 0 Å². The summed E-state index contributed by atoms with van der Waals surface area (Å²) in [5.41, 5.74) is 0.948. The van der Waals surface area contributed by atoms with Gasteiger partial charge in [-0.3, -0.25) is 4.79 Å². The topological polar surface area (TPSA) is 77.2 Å². The molecule has 0 spiro atoms. The SMILES string of the molecule is Cc1cc(NC(=O)COCc2nc3ccccc3s2)no1. The lowest BCUT2D eigenvalue weighted by atomic mass is 10.3. The van der Waals surface area contributed by atoms with Crippen LogP contribution in [0, 0.1) is 6.92 Å². The number of carbonyl (C=O) groups is 1. The van der Waals surface area contributed by atoms with Gasteiger partial charge in [-0.15, -0.1) is 11.3 Å². The highest BCUT2D eigenvalue weighted by Gasteiger charge is 2.08.